The Bertz CT molecular complexity index is 1560. The number of halogens is 3. The van der Waals surface area contributed by atoms with Gasteiger partial charge in [0, 0.05) is 23.6 Å². The summed E-state index contributed by atoms with van der Waals surface area (Å²) in [5, 5.41) is 11.5. The predicted octanol–water partition coefficient (Wildman–Crippen LogP) is 4.56. The van der Waals surface area contributed by atoms with Crippen molar-refractivity contribution in [3.8, 4) is 11.5 Å². The number of phenols is 1. The highest BCUT2D eigenvalue weighted by molar-refractivity contribution is 6.53. The Morgan fingerprint density at radius 2 is 1.75 bits per heavy atom. The van der Waals surface area contributed by atoms with E-state index in [-0.39, 0.29) is 35.8 Å². The first-order valence-corrected chi connectivity index (χ1v) is 13.9. The van der Waals surface area contributed by atoms with Gasteiger partial charge in [0.15, 0.2) is 9.75 Å². The summed E-state index contributed by atoms with van der Waals surface area (Å²) < 4.78 is 5.55. The van der Waals surface area contributed by atoms with E-state index in [1.165, 1.54) is 20.2 Å². The lowest BCUT2D eigenvalue weighted by molar-refractivity contribution is -0.138. The highest BCUT2D eigenvalue weighted by atomic mass is 35.5. The number of carbonyl (C=O) groups is 4. The summed E-state index contributed by atoms with van der Waals surface area (Å²) in [5.74, 6) is -5.60. The lowest BCUT2D eigenvalue weighted by atomic mass is 9.56. The number of fused-ring (bicyclic) bond motifs is 4. The van der Waals surface area contributed by atoms with Crippen LogP contribution in [0.15, 0.2) is 48.0 Å². The fourth-order valence-electron chi connectivity index (χ4n) is 7.04. The zero-order valence-electron chi connectivity index (χ0n) is 21.8. The maximum atomic E-state index is 14.0. The first kappa shape index (κ1) is 27.1. The molecule has 2 aromatic carbocycles. The molecule has 0 radical (unpaired) electrons. The third-order valence-corrected chi connectivity index (χ3v) is 10.8. The summed E-state index contributed by atoms with van der Waals surface area (Å²) in [6.45, 7) is 1.82. The largest absolute Gasteiger partial charge is 0.508 e. The maximum Gasteiger partial charge on any atom is 0.253 e. The van der Waals surface area contributed by atoms with E-state index in [9.17, 15) is 24.3 Å². The van der Waals surface area contributed by atoms with Gasteiger partial charge in [-0.2, -0.15) is 0 Å². The molecule has 208 valence electrons. The van der Waals surface area contributed by atoms with Gasteiger partial charge in [-0.15, -0.1) is 23.2 Å². The van der Waals surface area contributed by atoms with Gasteiger partial charge in [0.1, 0.15) is 11.5 Å². The number of imide groups is 2. The number of likely N-dealkylation sites (tertiary alicyclic amines) is 1. The number of phenolic OH excluding ortho intramolecular Hbond substituents is 1. The van der Waals surface area contributed by atoms with Crippen molar-refractivity contribution in [3.05, 3.63) is 64.2 Å². The van der Waals surface area contributed by atoms with Crippen molar-refractivity contribution in [1.29, 1.82) is 0 Å². The number of benzene rings is 2. The van der Waals surface area contributed by atoms with E-state index in [2.05, 4.69) is 0 Å². The van der Waals surface area contributed by atoms with Crippen LogP contribution >= 0.6 is 34.8 Å². The Morgan fingerprint density at radius 3 is 2.42 bits per heavy atom. The highest BCUT2D eigenvalue weighted by Crippen LogP contribution is 2.66. The minimum Gasteiger partial charge on any atom is -0.508 e. The molecule has 1 saturated carbocycles. The molecule has 4 amide bonds. The maximum absolute atomic E-state index is 14.0. The van der Waals surface area contributed by atoms with Crippen LogP contribution in [0.1, 0.15) is 29.9 Å². The molecule has 2 aliphatic heterocycles. The molecule has 11 heteroatoms. The SMILES string of the molecule is COc1cccc(O)c1C1C2=CCC3C(=O)N(c4ccc(C)c(Cl)c4)C(=O)C3C2CC2(Cl)C(=O)N(C)C(=O)C12Cl. The lowest BCUT2D eigenvalue weighted by Gasteiger charge is -2.50. The zero-order valence-corrected chi connectivity index (χ0v) is 24.0. The number of amides is 4. The van der Waals surface area contributed by atoms with Gasteiger partial charge >= 0.3 is 0 Å². The molecule has 0 spiro atoms. The Balaban J connectivity index is 1.54. The second kappa shape index (κ2) is 8.96. The minimum absolute atomic E-state index is 0.145. The first-order valence-electron chi connectivity index (χ1n) is 12.8. The molecule has 1 N–H and O–H groups in total. The van der Waals surface area contributed by atoms with Crippen LogP contribution in [0.5, 0.6) is 11.5 Å². The van der Waals surface area contributed by atoms with Crippen LogP contribution in [0.3, 0.4) is 0 Å². The second-order valence-corrected chi connectivity index (χ2v) is 12.5. The van der Waals surface area contributed by atoms with Gasteiger partial charge in [0.2, 0.25) is 11.8 Å². The normalized spacial score (nSPS) is 33.1. The summed E-state index contributed by atoms with van der Waals surface area (Å²) in [6, 6.07) is 9.60. The van der Waals surface area contributed by atoms with Crippen molar-refractivity contribution >= 4 is 64.1 Å². The second-order valence-electron chi connectivity index (χ2n) is 10.8. The van der Waals surface area contributed by atoms with Gasteiger partial charge in [-0.1, -0.05) is 35.4 Å². The molecule has 2 aromatic rings. The van der Waals surface area contributed by atoms with Crippen molar-refractivity contribution in [2.45, 2.75) is 35.4 Å². The Labute approximate surface area is 245 Å². The molecule has 4 aliphatic rings. The number of anilines is 1. The number of aromatic hydroxyl groups is 1. The lowest BCUT2D eigenvalue weighted by Crippen LogP contribution is -2.60. The number of methoxy groups -OCH3 is 1. The number of hydrogen-bond donors (Lipinski definition) is 1. The minimum atomic E-state index is -2.02. The van der Waals surface area contributed by atoms with Crippen LogP contribution < -0.4 is 9.64 Å². The third kappa shape index (κ3) is 3.27. The summed E-state index contributed by atoms with van der Waals surface area (Å²) in [4.78, 5) is 53.0. The third-order valence-electron chi connectivity index (χ3n) is 8.98. The molecule has 6 unspecified atom stereocenters. The van der Waals surface area contributed by atoms with E-state index in [1.807, 2.05) is 6.92 Å². The molecule has 2 heterocycles. The number of carbonyl (C=O) groups excluding carboxylic acids is 4. The molecule has 2 saturated heterocycles. The summed E-state index contributed by atoms with van der Waals surface area (Å²) in [5.41, 5.74) is 1.91. The monoisotopic (exact) mass is 602 g/mol. The van der Waals surface area contributed by atoms with Crippen molar-refractivity contribution in [3.63, 3.8) is 0 Å². The first-order chi connectivity index (χ1) is 18.9. The van der Waals surface area contributed by atoms with Crippen molar-refractivity contribution in [2.75, 3.05) is 19.1 Å². The molecule has 0 aromatic heterocycles. The Hall–Kier alpha value is -3.07. The molecule has 6 atom stereocenters. The molecule has 8 nitrogen and oxygen atoms in total. The van der Waals surface area contributed by atoms with E-state index in [1.54, 1.807) is 36.4 Å². The molecule has 2 aliphatic carbocycles. The van der Waals surface area contributed by atoms with E-state index >= 15 is 0 Å². The van der Waals surface area contributed by atoms with Gasteiger partial charge in [-0.25, -0.2) is 4.90 Å². The van der Waals surface area contributed by atoms with Gasteiger partial charge in [-0.05, 0) is 55.5 Å². The predicted molar refractivity (Wildman–Crippen MR) is 149 cm³/mol. The number of rotatable bonds is 3. The van der Waals surface area contributed by atoms with E-state index in [0.29, 0.717) is 16.3 Å². The standard InChI is InChI=1S/C29H25Cl3N2O6/c1-13-7-8-14(11-18(13)30)34-24(36)16-10-9-15-17(21(16)25(34)37)12-28(31)26(38)33(2)27(39)29(28,32)23(15)22-19(35)5-4-6-20(22)40-3/h4-9,11,16-17,21,23,35H,10,12H2,1-3H3. The van der Waals surface area contributed by atoms with Gasteiger partial charge in [-0.3, -0.25) is 24.1 Å². The Kier molecular flexibility index (Phi) is 6.08. The van der Waals surface area contributed by atoms with E-state index in [0.717, 1.165) is 15.4 Å². The smallest absolute Gasteiger partial charge is 0.253 e. The fraction of sp³-hybridized carbons (Fsp3) is 0.379. The summed E-state index contributed by atoms with van der Waals surface area (Å²) in [6.07, 6.45) is 1.85. The molecule has 3 fully saturated rings. The van der Waals surface area contributed by atoms with Gasteiger partial charge < -0.3 is 9.84 Å². The number of allylic oxidation sites excluding steroid dienone is 2. The van der Waals surface area contributed by atoms with Crippen molar-refractivity contribution < 1.29 is 29.0 Å². The highest BCUT2D eigenvalue weighted by Gasteiger charge is 2.76. The number of ether oxygens (including phenoxy) is 1. The number of alkyl halides is 2. The van der Waals surface area contributed by atoms with Crippen LogP contribution in [0.25, 0.3) is 0 Å². The molecular formula is C29H25Cl3N2O6. The Morgan fingerprint density at radius 1 is 1.02 bits per heavy atom. The van der Waals surface area contributed by atoms with Crippen LogP contribution in [0, 0.1) is 24.7 Å². The summed E-state index contributed by atoms with van der Waals surface area (Å²) >= 11 is 20.6. The zero-order chi connectivity index (χ0) is 28.9. The topological polar surface area (TPSA) is 104 Å². The van der Waals surface area contributed by atoms with Crippen molar-refractivity contribution in [2.24, 2.45) is 17.8 Å². The molecule has 6 rings (SSSR count). The number of aryl methyl sites for hydroxylation is 1. The molecular weight excluding hydrogens is 579 g/mol. The van der Waals surface area contributed by atoms with Crippen LogP contribution in [-0.4, -0.2) is 57.5 Å². The van der Waals surface area contributed by atoms with Crippen LogP contribution in [-0.2, 0) is 19.2 Å². The van der Waals surface area contributed by atoms with Crippen molar-refractivity contribution in [1.82, 2.24) is 4.90 Å². The molecule has 0 bridgehead atoms. The van der Waals surface area contributed by atoms with E-state index < -0.39 is 51.1 Å². The van der Waals surface area contributed by atoms with Gasteiger partial charge in [0.25, 0.3) is 11.8 Å². The average Bonchev–Trinajstić information content (AvgIpc) is 3.25. The van der Waals surface area contributed by atoms with Crippen LogP contribution in [0.4, 0.5) is 5.69 Å². The van der Waals surface area contributed by atoms with Gasteiger partial charge in [0.05, 0.1) is 24.6 Å². The average molecular weight is 604 g/mol. The molecule has 40 heavy (non-hydrogen) atoms. The number of nitrogens with zero attached hydrogens (tertiary/aromatic N) is 2. The summed E-state index contributed by atoms with van der Waals surface area (Å²) in [7, 11) is 2.72. The number of hydrogen-bond acceptors (Lipinski definition) is 6. The van der Waals surface area contributed by atoms with E-state index in [4.69, 9.17) is 39.5 Å². The van der Waals surface area contributed by atoms with Crippen LogP contribution in [0.2, 0.25) is 5.02 Å². The fourth-order valence-corrected chi connectivity index (χ4v) is 8.21. The quantitative estimate of drug-likeness (QED) is 0.314.